The van der Waals surface area contributed by atoms with Gasteiger partial charge in [0.1, 0.15) is 5.58 Å². The van der Waals surface area contributed by atoms with Gasteiger partial charge in [-0.15, -0.1) is 0 Å². The minimum absolute atomic E-state index is 0.0407. The maximum atomic E-state index is 13.6. The van der Waals surface area contributed by atoms with E-state index in [4.69, 9.17) is 9.15 Å². The first-order valence-electron chi connectivity index (χ1n) is 10.6. The molecule has 1 atom stereocenters. The summed E-state index contributed by atoms with van der Waals surface area (Å²) in [6, 6.07) is 18.7. The van der Waals surface area contributed by atoms with E-state index in [1.54, 1.807) is 53.4 Å². The van der Waals surface area contributed by atoms with Crippen LogP contribution in [-0.2, 0) is 4.74 Å². The highest BCUT2D eigenvalue weighted by atomic mass is 16.5. The fourth-order valence-corrected chi connectivity index (χ4v) is 4.30. The number of fused-ring (bicyclic) bond motifs is 2. The Morgan fingerprint density at radius 2 is 1.67 bits per heavy atom. The Morgan fingerprint density at radius 3 is 2.36 bits per heavy atom. The number of hydrogen-bond donors (Lipinski definition) is 0. The number of nitrogens with zero attached hydrogens (tertiary/aromatic N) is 1. The molecular weight excluding hydrogens is 418 g/mol. The van der Waals surface area contributed by atoms with Crippen LogP contribution in [0.15, 0.2) is 75.9 Å². The van der Waals surface area contributed by atoms with Crippen molar-refractivity contribution in [2.45, 2.75) is 19.9 Å². The summed E-state index contributed by atoms with van der Waals surface area (Å²) in [6.45, 7) is 3.98. The van der Waals surface area contributed by atoms with E-state index in [9.17, 15) is 14.4 Å². The topological polar surface area (TPSA) is 76.8 Å². The minimum atomic E-state index is -0.692. The van der Waals surface area contributed by atoms with Crippen molar-refractivity contribution in [2.75, 3.05) is 12.0 Å². The van der Waals surface area contributed by atoms with Crippen LogP contribution in [0, 0.1) is 13.8 Å². The lowest BCUT2D eigenvalue weighted by molar-refractivity contribution is 0.0600. The van der Waals surface area contributed by atoms with Crippen molar-refractivity contribution in [3.63, 3.8) is 0 Å². The maximum absolute atomic E-state index is 13.6. The summed E-state index contributed by atoms with van der Waals surface area (Å²) >= 11 is 0. The molecule has 0 aliphatic carbocycles. The van der Waals surface area contributed by atoms with Gasteiger partial charge in [-0.2, -0.15) is 0 Å². The molecule has 1 aliphatic heterocycles. The van der Waals surface area contributed by atoms with Gasteiger partial charge in [0.2, 0.25) is 5.76 Å². The van der Waals surface area contributed by atoms with Crippen LogP contribution in [0.3, 0.4) is 0 Å². The van der Waals surface area contributed by atoms with E-state index in [0.29, 0.717) is 33.3 Å². The van der Waals surface area contributed by atoms with Gasteiger partial charge < -0.3 is 9.15 Å². The van der Waals surface area contributed by atoms with Crippen molar-refractivity contribution in [3.8, 4) is 0 Å². The molecule has 0 radical (unpaired) electrons. The normalized spacial score (nSPS) is 15.1. The van der Waals surface area contributed by atoms with Gasteiger partial charge in [-0.05, 0) is 66.9 Å². The number of para-hydroxylation sites is 1. The van der Waals surface area contributed by atoms with Crippen LogP contribution in [0.4, 0.5) is 5.69 Å². The molecule has 6 heteroatoms. The van der Waals surface area contributed by atoms with Crippen LogP contribution >= 0.6 is 0 Å². The molecular formula is C27H21NO5. The zero-order valence-corrected chi connectivity index (χ0v) is 18.4. The fraction of sp³-hybridized carbons (Fsp3) is 0.148. The van der Waals surface area contributed by atoms with Gasteiger partial charge in [-0.1, -0.05) is 30.3 Å². The van der Waals surface area contributed by atoms with Crippen LogP contribution in [0.25, 0.3) is 11.0 Å². The van der Waals surface area contributed by atoms with Crippen molar-refractivity contribution < 1.29 is 18.7 Å². The molecule has 3 aromatic carbocycles. The van der Waals surface area contributed by atoms with Crippen LogP contribution < -0.4 is 10.3 Å². The molecule has 0 N–H and O–H groups in total. The molecule has 1 amide bonds. The van der Waals surface area contributed by atoms with E-state index in [0.717, 1.165) is 11.1 Å². The minimum Gasteiger partial charge on any atom is -0.465 e. The number of carbonyl (C=O) groups is 2. The number of benzene rings is 3. The lowest BCUT2D eigenvalue weighted by Crippen LogP contribution is -2.29. The SMILES string of the molecule is COC(=O)c1ccc(C2c3c(oc4ccccc4c3=O)C(=O)N2c2ccc(C)c(C)c2)cc1. The third-order valence-electron chi connectivity index (χ3n) is 6.19. The van der Waals surface area contributed by atoms with Crippen molar-refractivity contribution in [3.05, 3.63) is 111 Å². The molecule has 1 aliphatic rings. The Morgan fingerprint density at radius 1 is 0.939 bits per heavy atom. The van der Waals surface area contributed by atoms with Gasteiger partial charge >= 0.3 is 5.97 Å². The Balaban J connectivity index is 1.76. The summed E-state index contributed by atoms with van der Waals surface area (Å²) in [4.78, 5) is 40.7. The zero-order chi connectivity index (χ0) is 23.3. The highest BCUT2D eigenvalue weighted by molar-refractivity contribution is 6.10. The quantitative estimate of drug-likeness (QED) is 0.422. The predicted molar refractivity (Wildman–Crippen MR) is 125 cm³/mol. The Labute approximate surface area is 190 Å². The maximum Gasteiger partial charge on any atom is 0.337 e. The van der Waals surface area contributed by atoms with Gasteiger partial charge in [0, 0.05) is 5.69 Å². The molecule has 4 aromatic rings. The summed E-state index contributed by atoms with van der Waals surface area (Å²) < 4.78 is 10.8. The van der Waals surface area contributed by atoms with E-state index in [1.807, 2.05) is 32.0 Å². The average Bonchev–Trinajstić information content (AvgIpc) is 3.13. The molecule has 1 aromatic heterocycles. The van der Waals surface area contributed by atoms with E-state index in [-0.39, 0.29) is 17.1 Å². The third kappa shape index (κ3) is 3.22. The Kier molecular flexibility index (Phi) is 4.86. The molecule has 0 saturated carbocycles. The van der Waals surface area contributed by atoms with Crippen molar-refractivity contribution in [1.29, 1.82) is 0 Å². The number of rotatable bonds is 3. The van der Waals surface area contributed by atoms with E-state index in [1.165, 1.54) is 7.11 Å². The number of amides is 1. The highest BCUT2D eigenvalue weighted by Gasteiger charge is 2.43. The lowest BCUT2D eigenvalue weighted by atomic mass is 9.97. The number of hydrogen-bond acceptors (Lipinski definition) is 5. The molecule has 0 fully saturated rings. The lowest BCUT2D eigenvalue weighted by Gasteiger charge is -2.26. The predicted octanol–water partition coefficient (Wildman–Crippen LogP) is 4.95. The van der Waals surface area contributed by atoms with Crippen LogP contribution in [0.5, 0.6) is 0 Å². The fourth-order valence-electron chi connectivity index (χ4n) is 4.30. The molecule has 1 unspecified atom stereocenters. The largest absolute Gasteiger partial charge is 0.465 e. The summed E-state index contributed by atoms with van der Waals surface area (Å²) in [5, 5.41) is 0.419. The summed E-state index contributed by atoms with van der Waals surface area (Å²) in [6.07, 6.45) is 0. The first kappa shape index (κ1) is 20.7. The standard InChI is InChI=1S/C27H21NO5/c1-15-8-13-19(14-16(15)2)28-23(17-9-11-18(12-10-17)27(31)32-3)22-24(29)20-6-4-5-7-21(20)33-25(22)26(28)30/h4-14,23H,1-3H3. The second-order valence-electron chi connectivity index (χ2n) is 8.13. The average molecular weight is 439 g/mol. The number of methoxy groups -OCH3 is 1. The molecule has 2 heterocycles. The smallest absolute Gasteiger partial charge is 0.337 e. The van der Waals surface area contributed by atoms with Crippen molar-refractivity contribution in [1.82, 2.24) is 0 Å². The highest BCUT2D eigenvalue weighted by Crippen LogP contribution is 2.41. The summed E-state index contributed by atoms with van der Waals surface area (Å²) in [5.41, 5.74) is 4.29. The van der Waals surface area contributed by atoms with E-state index in [2.05, 4.69) is 0 Å². The summed E-state index contributed by atoms with van der Waals surface area (Å²) in [5.74, 6) is -0.793. The number of esters is 1. The van der Waals surface area contributed by atoms with Gasteiger partial charge in [0.05, 0.1) is 29.7 Å². The Hall–Kier alpha value is -4.19. The molecule has 6 nitrogen and oxygen atoms in total. The number of ether oxygens (including phenoxy) is 1. The number of aryl methyl sites for hydroxylation is 2. The van der Waals surface area contributed by atoms with Gasteiger partial charge in [-0.3, -0.25) is 14.5 Å². The molecule has 0 saturated heterocycles. The third-order valence-corrected chi connectivity index (χ3v) is 6.19. The van der Waals surface area contributed by atoms with E-state index < -0.39 is 12.0 Å². The number of carbonyl (C=O) groups excluding carboxylic acids is 2. The second kappa shape index (κ2) is 7.74. The summed E-state index contributed by atoms with van der Waals surface area (Å²) in [7, 11) is 1.32. The first-order chi connectivity index (χ1) is 15.9. The van der Waals surface area contributed by atoms with Crippen LogP contribution in [-0.4, -0.2) is 19.0 Å². The monoisotopic (exact) mass is 439 g/mol. The molecule has 5 rings (SSSR count). The second-order valence-corrected chi connectivity index (χ2v) is 8.13. The van der Waals surface area contributed by atoms with Gasteiger partial charge in [0.25, 0.3) is 5.91 Å². The van der Waals surface area contributed by atoms with Crippen molar-refractivity contribution in [2.24, 2.45) is 0 Å². The first-order valence-corrected chi connectivity index (χ1v) is 10.6. The van der Waals surface area contributed by atoms with Gasteiger partial charge in [-0.25, -0.2) is 4.79 Å². The van der Waals surface area contributed by atoms with Crippen LogP contribution in [0.1, 0.15) is 49.2 Å². The molecule has 0 spiro atoms. The molecule has 33 heavy (non-hydrogen) atoms. The zero-order valence-electron chi connectivity index (χ0n) is 18.4. The molecule has 164 valence electrons. The molecule has 0 bridgehead atoms. The number of anilines is 1. The Bertz CT molecular complexity index is 1480. The van der Waals surface area contributed by atoms with Gasteiger partial charge in [0.15, 0.2) is 5.43 Å². The van der Waals surface area contributed by atoms with Crippen molar-refractivity contribution >= 4 is 28.5 Å². The van der Waals surface area contributed by atoms with E-state index >= 15 is 0 Å². The van der Waals surface area contributed by atoms with Crippen LogP contribution in [0.2, 0.25) is 0 Å².